The number of hydrogen-bond donors (Lipinski definition) is 1. The third-order valence-electron chi connectivity index (χ3n) is 3.21. The Balaban J connectivity index is 1.91. The second-order valence-electron chi connectivity index (χ2n) is 4.43. The molecule has 0 aliphatic carbocycles. The van der Waals surface area contributed by atoms with Crippen LogP contribution in [0.3, 0.4) is 0 Å². The molecule has 1 N–H and O–H groups in total. The topological polar surface area (TPSA) is 27.6 Å². The first-order valence-corrected chi connectivity index (χ1v) is 7.02. The molecule has 1 aromatic rings. The quantitative estimate of drug-likeness (QED) is 0.761. The van der Waals surface area contributed by atoms with Gasteiger partial charge in [-0.05, 0) is 19.1 Å². The van der Waals surface area contributed by atoms with E-state index in [0.29, 0.717) is 5.25 Å². The van der Waals surface area contributed by atoms with Gasteiger partial charge >= 0.3 is 0 Å². The minimum absolute atomic E-state index is 0.461. The van der Waals surface area contributed by atoms with Crippen molar-refractivity contribution >= 4 is 23.3 Å². The zero-order chi connectivity index (χ0) is 11.7. The van der Waals surface area contributed by atoms with E-state index in [0.717, 1.165) is 31.9 Å². The predicted octanol–water partition coefficient (Wildman–Crippen LogP) is 2.12. The third-order valence-corrected chi connectivity index (χ3v) is 4.37. The smallest absolute Gasteiger partial charge is 0.118 e. The molecule has 2 aliphatic heterocycles. The minimum Gasteiger partial charge on any atom is -0.357 e. The van der Waals surface area contributed by atoms with E-state index >= 15 is 0 Å². The lowest BCUT2D eigenvalue weighted by atomic mass is 10.2. The number of amidine groups is 1. The van der Waals surface area contributed by atoms with Gasteiger partial charge in [0.1, 0.15) is 5.84 Å². The van der Waals surface area contributed by atoms with E-state index in [1.807, 2.05) is 11.8 Å². The Hall–Kier alpha value is -1.00. The summed E-state index contributed by atoms with van der Waals surface area (Å²) in [6.45, 7) is 6.54. The normalized spacial score (nSPS) is 24.2. The SMILES string of the molecule is CC1Sc2ccccc2N=C1N1CCNCC1. The van der Waals surface area contributed by atoms with Gasteiger partial charge in [-0.1, -0.05) is 12.1 Å². The summed E-state index contributed by atoms with van der Waals surface area (Å²) >= 11 is 1.92. The van der Waals surface area contributed by atoms with Crippen LogP contribution in [0.4, 0.5) is 5.69 Å². The number of para-hydroxylation sites is 1. The molecule has 2 heterocycles. The summed E-state index contributed by atoms with van der Waals surface area (Å²) < 4.78 is 0. The summed E-state index contributed by atoms with van der Waals surface area (Å²) in [5.41, 5.74) is 1.13. The van der Waals surface area contributed by atoms with Gasteiger partial charge in [0.15, 0.2) is 0 Å². The van der Waals surface area contributed by atoms with E-state index in [4.69, 9.17) is 4.99 Å². The van der Waals surface area contributed by atoms with Crippen LogP contribution < -0.4 is 5.32 Å². The first-order valence-electron chi connectivity index (χ1n) is 6.14. The standard InChI is InChI=1S/C13H17N3S/c1-10-13(16-8-6-14-7-9-16)15-11-4-2-3-5-12(11)17-10/h2-5,10,14H,6-9H2,1H3. The molecule has 0 bridgehead atoms. The van der Waals surface area contributed by atoms with Gasteiger partial charge in [-0.15, -0.1) is 11.8 Å². The van der Waals surface area contributed by atoms with Crippen LogP contribution in [0.5, 0.6) is 0 Å². The van der Waals surface area contributed by atoms with Gasteiger partial charge in [0, 0.05) is 31.1 Å². The Kier molecular flexibility index (Phi) is 3.07. The van der Waals surface area contributed by atoms with Crippen molar-refractivity contribution in [3.63, 3.8) is 0 Å². The van der Waals surface area contributed by atoms with E-state index < -0.39 is 0 Å². The van der Waals surface area contributed by atoms with Crippen molar-refractivity contribution in [3.05, 3.63) is 24.3 Å². The van der Waals surface area contributed by atoms with Gasteiger partial charge in [0.05, 0.1) is 10.9 Å². The average molecular weight is 247 g/mol. The maximum absolute atomic E-state index is 4.84. The van der Waals surface area contributed by atoms with Crippen molar-refractivity contribution in [2.45, 2.75) is 17.1 Å². The van der Waals surface area contributed by atoms with Crippen LogP contribution in [-0.4, -0.2) is 42.2 Å². The number of nitrogens with zero attached hydrogens (tertiary/aromatic N) is 2. The van der Waals surface area contributed by atoms with E-state index in [2.05, 4.69) is 41.4 Å². The fraction of sp³-hybridized carbons (Fsp3) is 0.462. The van der Waals surface area contributed by atoms with E-state index in [9.17, 15) is 0 Å². The molecule has 3 nitrogen and oxygen atoms in total. The monoisotopic (exact) mass is 247 g/mol. The van der Waals surface area contributed by atoms with Crippen molar-refractivity contribution in [2.24, 2.45) is 4.99 Å². The number of hydrogen-bond acceptors (Lipinski definition) is 4. The average Bonchev–Trinajstić information content (AvgIpc) is 2.39. The van der Waals surface area contributed by atoms with E-state index in [1.165, 1.54) is 10.7 Å². The van der Waals surface area contributed by atoms with Crippen molar-refractivity contribution in [3.8, 4) is 0 Å². The molecule has 1 aromatic carbocycles. The first kappa shape index (κ1) is 11.1. The maximum Gasteiger partial charge on any atom is 0.118 e. The highest BCUT2D eigenvalue weighted by atomic mass is 32.2. The highest BCUT2D eigenvalue weighted by molar-refractivity contribution is 8.00. The number of rotatable bonds is 0. The number of aliphatic imine (C=N–C) groups is 1. The largest absolute Gasteiger partial charge is 0.357 e. The molecule has 0 radical (unpaired) electrons. The van der Waals surface area contributed by atoms with Crippen molar-refractivity contribution in [1.29, 1.82) is 0 Å². The molecule has 1 atom stereocenters. The lowest BCUT2D eigenvalue weighted by molar-refractivity contribution is 0.353. The Labute approximate surface area is 106 Å². The number of piperazine rings is 1. The molecule has 0 saturated carbocycles. The lowest BCUT2D eigenvalue weighted by Gasteiger charge is -2.34. The zero-order valence-corrected chi connectivity index (χ0v) is 10.8. The van der Waals surface area contributed by atoms with Gasteiger partial charge in [0.2, 0.25) is 0 Å². The van der Waals surface area contributed by atoms with Crippen molar-refractivity contribution in [1.82, 2.24) is 10.2 Å². The summed E-state index contributed by atoms with van der Waals surface area (Å²) in [6, 6.07) is 8.42. The Morgan fingerprint density at radius 3 is 2.88 bits per heavy atom. The molecule has 0 amide bonds. The van der Waals surface area contributed by atoms with Crippen LogP contribution in [0.2, 0.25) is 0 Å². The van der Waals surface area contributed by atoms with Crippen molar-refractivity contribution in [2.75, 3.05) is 26.2 Å². The summed E-state index contributed by atoms with van der Waals surface area (Å²) in [7, 11) is 0. The summed E-state index contributed by atoms with van der Waals surface area (Å²) in [5, 5.41) is 3.85. The number of thioether (sulfide) groups is 1. The van der Waals surface area contributed by atoms with Crippen LogP contribution in [0.1, 0.15) is 6.92 Å². The van der Waals surface area contributed by atoms with Gasteiger partial charge in [-0.2, -0.15) is 0 Å². The Bertz CT molecular complexity index is 438. The zero-order valence-electron chi connectivity index (χ0n) is 10.0. The highest BCUT2D eigenvalue weighted by Gasteiger charge is 2.25. The van der Waals surface area contributed by atoms with Gasteiger partial charge in [-0.25, -0.2) is 4.99 Å². The van der Waals surface area contributed by atoms with Crippen LogP contribution in [0.25, 0.3) is 0 Å². The summed E-state index contributed by atoms with van der Waals surface area (Å²) in [5.74, 6) is 1.25. The lowest BCUT2D eigenvalue weighted by Crippen LogP contribution is -2.49. The molecular formula is C13H17N3S. The van der Waals surface area contributed by atoms with Gasteiger partial charge in [0.25, 0.3) is 0 Å². The first-order chi connectivity index (χ1) is 8.34. The van der Waals surface area contributed by atoms with Crippen LogP contribution in [-0.2, 0) is 0 Å². The number of fused-ring (bicyclic) bond motifs is 1. The fourth-order valence-corrected chi connectivity index (χ4v) is 3.41. The second kappa shape index (κ2) is 4.70. The highest BCUT2D eigenvalue weighted by Crippen LogP contribution is 2.38. The molecule has 17 heavy (non-hydrogen) atoms. The molecule has 1 saturated heterocycles. The number of benzene rings is 1. The number of nitrogens with one attached hydrogen (secondary N) is 1. The Morgan fingerprint density at radius 1 is 1.29 bits per heavy atom. The summed E-state index contributed by atoms with van der Waals surface area (Å²) in [6.07, 6.45) is 0. The molecular weight excluding hydrogens is 230 g/mol. The van der Waals surface area contributed by atoms with Crippen LogP contribution in [0.15, 0.2) is 34.2 Å². The molecule has 90 valence electrons. The Morgan fingerprint density at radius 2 is 2.06 bits per heavy atom. The molecule has 4 heteroatoms. The van der Waals surface area contributed by atoms with Crippen LogP contribution in [0, 0.1) is 0 Å². The maximum atomic E-state index is 4.84. The third kappa shape index (κ3) is 2.19. The molecule has 0 aromatic heterocycles. The van der Waals surface area contributed by atoms with Crippen LogP contribution >= 0.6 is 11.8 Å². The molecule has 3 rings (SSSR count). The molecule has 1 unspecified atom stereocenters. The van der Waals surface area contributed by atoms with E-state index in [1.54, 1.807) is 0 Å². The van der Waals surface area contributed by atoms with E-state index in [-0.39, 0.29) is 0 Å². The minimum atomic E-state index is 0.461. The second-order valence-corrected chi connectivity index (χ2v) is 5.82. The molecule has 2 aliphatic rings. The van der Waals surface area contributed by atoms with Gasteiger partial charge < -0.3 is 10.2 Å². The predicted molar refractivity (Wildman–Crippen MR) is 73.3 cm³/mol. The van der Waals surface area contributed by atoms with Gasteiger partial charge in [-0.3, -0.25) is 0 Å². The molecule has 1 fully saturated rings. The fourth-order valence-electron chi connectivity index (χ4n) is 2.33. The summed E-state index contributed by atoms with van der Waals surface area (Å²) in [4.78, 5) is 8.57. The molecule has 0 spiro atoms. The van der Waals surface area contributed by atoms with Crippen molar-refractivity contribution < 1.29 is 0 Å².